The number of methoxy groups -OCH3 is 1. The molecule has 1 saturated heterocycles. The van der Waals surface area contributed by atoms with Crippen LogP contribution >= 0.6 is 0 Å². The summed E-state index contributed by atoms with van der Waals surface area (Å²) in [5.74, 6) is 0. The van der Waals surface area contributed by atoms with Gasteiger partial charge in [0.1, 0.15) is 0 Å². The summed E-state index contributed by atoms with van der Waals surface area (Å²) in [5, 5.41) is 9.29. The van der Waals surface area contributed by atoms with Crippen LogP contribution in [0, 0.1) is 0 Å². The van der Waals surface area contributed by atoms with Gasteiger partial charge in [-0.1, -0.05) is 0 Å². The Morgan fingerprint density at radius 3 is 2.71 bits per heavy atom. The van der Waals surface area contributed by atoms with Gasteiger partial charge in [0, 0.05) is 38.8 Å². The minimum atomic E-state index is 0.235. The van der Waals surface area contributed by atoms with Gasteiger partial charge in [0.05, 0.1) is 13.2 Å². The van der Waals surface area contributed by atoms with E-state index in [4.69, 9.17) is 4.74 Å². The highest BCUT2D eigenvalue weighted by Crippen LogP contribution is 2.13. The number of piperazine rings is 1. The second-order valence-electron chi connectivity index (χ2n) is 4.14. The molecular formula is C10H22N2O2. The Hall–Kier alpha value is -0.160. The van der Waals surface area contributed by atoms with Crippen molar-refractivity contribution >= 4 is 0 Å². The molecule has 4 heteroatoms. The summed E-state index contributed by atoms with van der Waals surface area (Å²) >= 11 is 0. The maximum absolute atomic E-state index is 9.29. The van der Waals surface area contributed by atoms with Gasteiger partial charge in [0.25, 0.3) is 0 Å². The van der Waals surface area contributed by atoms with E-state index in [1.165, 1.54) is 0 Å². The fraction of sp³-hybridized carbons (Fsp3) is 1.00. The van der Waals surface area contributed by atoms with Gasteiger partial charge in [-0.3, -0.25) is 4.90 Å². The highest BCUT2D eigenvalue weighted by molar-refractivity contribution is 4.85. The SMILES string of the molecule is COCCN1C(C)CN(C)CC1CO. The smallest absolute Gasteiger partial charge is 0.0599 e. The number of aliphatic hydroxyl groups excluding tert-OH is 1. The van der Waals surface area contributed by atoms with E-state index in [2.05, 4.69) is 23.8 Å². The number of hydrogen-bond donors (Lipinski definition) is 1. The Balaban J connectivity index is 2.49. The minimum absolute atomic E-state index is 0.235. The van der Waals surface area contributed by atoms with Crippen LogP contribution < -0.4 is 0 Å². The molecule has 0 aromatic rings. The summed E-state index contributed by atoms with van der Waals surface area (Å²) in [7, 11) is 3.82. The van der Waals surface area contributed by atoms with E-state index in [-0.39, 0.29) is 12.6 Å². The highest BCUT2D eigenvalue weighted by Gasteiger charge is 2.29. The molecule has 0 amide bonds. The maximum atomic E-state index is 9.29. The fourth-order valence-corrected chi connectivity index (χ4v) is 2.22. The van der Waals surface area contributed by atoms with Crippen LogP contribution in [0.15, 0.2) is 0 Å². The van der Waals surface area contributed by atoms with E-state index >= 15 is 0 Å². The first kappa shape index (κ1) is 11.9. The first-order valence-corrected chi connectivity index (χ1v) is 5.23. The number of rotatable bonds is 4. The van der Waals surface area contributed by atoms with Gasteiger partial charge in [0.15, 0.2) is 0 Å². The van der Waals surface area contributed by atoms with E-state index in [9.17, 15) is 5.11 Å². The normalized spacial score (nSPS) is 30.9. The number of aliphatic hydroxyl groups is 1. The summed E-state index contributed by atoms with van der Waals surface area (Å²) in [6.45, 7) is 6.11. The fourth-order valence-electron chi connectivity index (χ4n) is 2.22. The first-order chi connectivity index (χ1) is 6.69. The Bertz CT molecular complexity index is 166. The third-order valence-corrected chi connectivity index (χ3v) is 2.90. The van der Waals surface area contributed by atoms with E-state index in [1.807, 2.05) is 0 Å². The van der Waals surface area contributed by atoms with Gasteiger partial charge >= 0.3 is 0 Å². The molecule has 1 aliphatic heterocycles. The van der Waals surface area contributed by atoms with Crippen LogP contribution in [0.4, 0.5) is 0 Å². The van der Waals surface area contributed by atoms with Crippen molar-refractivity contribution in [1.82, 2.24) is 9.80 Å². The van der Waals surface area contributed by atoms with Crippen LogP contribution in [0.1, 0.15) is 6.92 Å². The van der Waals surface area contributed by atoms with Crippen LogP contribution in [0.2, 0.25) is 0 Å². The lowest BCUT2D eigenvalue weighted by molar-refractivity contribution is 0.0000302. The van der Waals surface area contributed by atoms with Crippen molar-refractivity contribution in [2.24, 2.45) is 0 Å². The number of likely N-dealkylation sites (N-methyl/N-ethyl adjacent to an activating group) is 1. The van der Waals surface area contributed by atoms with Crippen LogP contribution in [0.5, 0.6) is 0 Å². The standard InChI is InChI=1S/C10H22N2O2/c1-9-6-11(2)7-10(8-13)12(9)4-5-14-3/h9-10,13H,4-8H2,1-3H3. The molecule has 2 unspecified atom stereocenters. The van der Waals surface area contributed by atoms with Crippen molar-refractivity contribution in [1.29, 1.82) is 0 Å². The maximum Gasteiger partial charge on any atom is 0.0599 e. The molecule has 0 saturated carbocycles. The Morgan fingerprint density at radius 2 is 2.14 bits per heavy atom. The number of nitrogens with zero attached hydrogens (tertiary/aromatic N) is 2. The molecule has 1 heterocycles. The van der Waals surface area contributed by atoms with Gasteiger partial charge < -0.3 is 14.7 Å². The molecule has 14 heavy (non-hydrogen) atoms. The highest BCUT2D eigenvalue weighted by atomic mass is 16.5. The molecule has 0 aromatic carbocycles. The second-order valence-corrected chi connectivity index (χ2v) is 4.14. The molecule has 4 nitrogen and oxygen atoms in total. The topological polar surface area (TPSA) is 35.9 Å². The summed E-state index contributed by atoms with van der Waals surface area (Å²) in [4.78, 5) is 4.61. The van der Waals surface area contributed by atoms with Crippen molar-refractivity contribution < 1.29 is 9.84 Å². The summed E-state index contributed by atoms with van der Waals surface area (Å²) < 4.78 is 5.08. The molecule has 84 valence electrons. The lowest BCUT2D eigenvalue weighted by Gasteiger charge is -2.43. The first-order valence-electron chi connectivity index (χ1n) is 5.23. The molecular weight excluding hydrogens is 180 g/mol. The molecule has 0 aliphatic carbocycles. The number of hydrogen-bond acceptors (Lipinski definition) is 4. The van der Waals surface area contributed by atoms with Crippen LogP contribution in [-0.4, -0.2) is 74.0 Å². The van der Waals surface area contributed by atoms with Crippen LogP contribution in [0.25, 0.3) is 0 Å². The quantitative estimate of drug-likeness (QED) is 0.675. The molecule has 1 aliphatic rings. The molecule has 0 aromatic heterocycles. The average molecular weight is 202 g/mol. The Labute approximate surface area is 86.4 Å². The van der Waals surface area contributed by atoms with Crippen molar-refractivity contribution in [3.63, 3.8) is 0 Å². The molecule has 1 N–H and O–H groups in total. The molecule has 2 atom stereocenters. The van der Waals surface area contributed by atoms with E-state index in [0.29, 0.717) is 6.04 Å². The monoisotopic (exact) mass is 202 g/mol. The lowest BCUT2D eigenvalue weighted by Crippen LogP contribution is -2.58. The zero-order chi connectivity index (χ0) is 10.6. The summed E-state index contributed by atoms with van der Waals surface area (Å²) in [6, 6.07) is 0.764. The largest absolute Gasteiger partial charge is 0.395 e. The van der Waals surface area contributed by atoms with Crippen molar-refractivity contribution in [2.75, 3.05) is 47.0 Å². The lowest BCUT2D eigenvalue weighted by atomic mass is 10.1. The van der Waals surface area contributed by atoms with E-state index in [1.54, 1.807) is 7.11 Å². The molecule has 0 radical (unpaired) electrons. The summed E-state index contributed by atoms with van der Waals surface area (Å²) in [5.41, 5.74) is 0. The molecule has 1 fully saturated rings. The van der Waals surface area contributed by atoms with Gasteiger partial charge in [0.2, 0.25) is 0 Å². The Morgan fingerprint density at radius 1 is 1.43 bits per heavy atom. The minimum Gasteiger partial charge on any atom is -0.395 e. The van der Waals surface area contributed by atoms with Gasteiger partial charge in [-0.25, -0.2) is 0 Å². The Kier molecular flexibility index (Phi) is 4.81. The zero-order valence-electron chi connectivity index (χ0n) is 9.44. The van der Waals surface area contributed by atoms with Gasteiger partial charge in [-0.15, -0.1) is 0 Å². The molecule has 0 spiro atoms. The predicted molar refractivity (Wildman–Crippen MR) is 56.4 cm³/mol. The van der Waals surface area contributed by atoms with Crippen LogP contribution in [0.3, 0.4) is 0 Å². The molecule has 1 rings (SSSR count). The number of ether oxygens (including phenoxy) is 1. The van der Waals surface area contributed by atoms with E-state index < -0.39 is 0 Å². The zero-order valence-corrected chi connectivity index (χ0v) is 9.44. The van der Waals surface area contributed by atoms with Gasteiger partial charge in [-0.2, -0.15) is 0 Å². The van der Waals surface area contributed by atoms with Gasteiger partial charge in [-0.05, 0) is 14.0 Å². The van der Waals surface area contributed by atoms with Crippen molar-refractivity contribution in [3.05, 3.63) is 0 Å². The third-order valence-electron chi connectivity index (χ3n) is 2.90. The van der Waals surface area contributed by atoms with E-state index in [0.717, 1.165) is 26.2 Å². The van der Waals surface area contributed by atoms with Crippen LogP contribution in [-0.2, 0) is 4.74 Å². The second kappa shape index (κ2) is 5.66. The predicted octanol–water partition coefficient (Wildman–Crippen LogP) is -0.370. The van der Waals surface area contributed by atoms with Crippen molar-refractivity contribution in [2.45, 2.75) is 19.0 Å². The summed E-state index contributed by atoms with van der Waals surface area (Å²) in [6.07, 6.45) is 0. The molecule has 0 bridgehead atoms. The third kappa shape index (κ3) is 2.92. The average Bonchev–Trinajstić information content (AvgIpc) is 2.15. The van der Waals surface area contributed by atoms with Crippen molar-refractivity contribution in [3.8, 4) is 0 Å².